The van der Waals surface area contributed by atoms with Crippen LogP contribution >= 0.6 is 0 Å². The minimum atomic E-state index is -2.19. The summed E-state index contributed by atoms with van der Waals surface area (Å²) in [5.74, 6) is -2.38. The van der Waals surface area contributed by atoms with Gasteiger partial charge in [0.1, 0.15) is 41.2 Å². The van der Waals surface area contributed by atoms with Gasteiger partial charge in [-0.15, -0.1) is 0 Å². The van der Waals surface area contributed by atoms with Gasteiger partial charge in [0.05, 0.1) is 41.5 Å². The number of ether oxygens (including phenoxy) is 7. The summed E-state index contributed by atoms with van der Waals surface area (Å²) in [7, 11) is 3.16. The first kappa shape index (κ1) is 41.8. The average molecular weight is 789 g/mol. The van der Waals surface area contributed by atoms with Crippen LogP contribution < -0.4 is 0 Å². The minimum Gasteiger partial charge on any atom is -0.456 e. The topological polar surface area (TPSA) is 200 Å². The Balaban J connectivity index is 1.12. The van der Waals surface area contributed by atoms with Crippen LogP contribution in [-0.2, 0) is 38.0 Å². The molecule has 1 aromatic rings. The fourth-order valence-corrected chi connectivity index (χ4v) is 11.5. The van der Waals surface area contributed by atoms with Crippen LogP contribution in [-0.4, -0.2) is 136 Å². The number of methoxy groups -OCH3 is 2. The van der Waals surface area contributed by atoms with Crippen molar-refractivity contribution < 1.29 is 68.3 Å². The van der Waals surface area contributed by atoms with Gasteiger partial charge in [0.15, 0.2) is 18.4 Å². The summed E-state index contributed by atoms with van der Waals surface area (Å²) in [5.41, 5.74) is -7.98. The van der Waals surface area contributed by atoms with Gasteiger partial charge in [-0.2, -0.15) is 0 Å². The molecule has 14 heteroatoms. The molecule has 5 N–H and O–H groups in total. The third-order valence-electron chi connectivity index (χ3n) is 14.9. The van der Waals surface area contributed by atoms with E-state index in [0.717, 1.165) is 5.57 Å². The van der Waals surface area contributed by atoms with Gasteiger partial charge in [0.25, 0.3) is 0 Å². The van der Waals surface area contributed by atoms with Crippen LogP contribution in [0.1, 0.15) is 96.3 Å². The summed E-state index contributed by atoms with van der Waals surface area (Å²) in [4.78, 5) is 26.8. The van der Waals surface area contributed by atoms with E-state index in [1.165, 1.54) is 13.8 Å². The lowest BCUT2D eigenvalue weighted by Crippen LogP contribution is -2.82. The van der Waals surface area contributed by atoms with Gasteiger partial charge in [-0.3, -0.25) is 4.79 Å². The lowest BCUT2D eigenvalue weighted by atomic mass is 9.41. The molecule has 0 spiro atoms. The molecule has 56 heavy (non-hydrogen) atoms. The van der Waals surface area contributed by atoms with E-state index in [1.54, 1.807) is 51.5 Å². The quantitative estimate of drug-likeness (QED) is 0.181. The van der Waals surface area contributed by atoms with Crippen molar-refractivity contribution in [2.24, 2.45) is 16.7 Å². The van der Waals surface area contributed by atoms with Crippen molar-refractivity contribution in [2.75, 3.05) is 14.2 Å². The van der Waals surface area contributed by atoms with Gasteiger partial charge in [0, 0.05) is 33.0 Å². The van der Waals surface area contributed by atoms with Gasteiger partial charge in [-0.1, -0.05) is 43.7 Å². The standard InChI is InChI=1S/C42H60O14/c1-22-32(44)28(50-6)20-31(52-22)55-33-23(2)53-30(21-29(33)51-7)54-27-14-15-38(4)26(19-27)13-16-41(48)35(38)34(56-37(46)25-11-9-8-10-12-25)36(45)39(5)40(47,24(3)43)17-18-42(39,41)49/h8-13,22-23,27-36,44-45,47-49H,14-21H2,1-7H3. The lowest BCUT2D eigenvalue weighted by molar-refractivity contribution is -0.340. The van der Waals surface area contributed by atoms with Crippen LogP contribution in [0.15, 0.2) is 42.0 Å². The molecule has 5 fully saturated rings. The Bertz CT molecular complexity index is 1660. The van der Waals surface area contributed by atoms with E-state index in [1.807, 2.05) is 19.9 Å². The molecule has 2 aliphatic heterocycles. The second kappa shape index (κ2) is 15.0. The third-order valence-corrected chi connectivity index (χ3v) is 14.9. The van der Waals surface area contributed by atoms with Crippen molar-refractivity contribution in [3.8, 4) is 0 Å². The van der Waals surface area contributed by atoms with Crippen molar-refractivity contribution in [3.05, 3.63) is 47.5 Å². The van der Waals surface area contributed by atoms with Crippen LogP contribution in [0.4, 0.5) is 0 Å². The molecule has 0 aromatic heterocycles. The highest BCUT2D eigenvalue weighted by molar-refractivity contribution is 5.90. The third kappa shape index (κ3) is 6.25. The molecular formula is C42H60O14. The SMILES string of the molecule is COC1CC(OC2C(C)OC(OC3CCC4(C)C(=CCC5(O)C4C(OC(=O)c4ccccc4)C(O)C4(C)C(O)(C(C)=O)CCC54O)C3)CC2OC)OC(C)C1O. The molecule has 312 valence electrons. The van der Waals surface area contributed by atoms with Crippen molar-refractivity contribution in [2.45, 2.75) is 170 Å². The Labute approximate surface area is 328 Å². The first-order valence-corrected chi connectivity index (χ1v) is 20.1. The van der Waals surface area contributed by atoms with E-state index in [2.05, 4.69) is 0 Å². The molecule has 14 nitrogen and oxygen atoms in total. The summed E-state index contributed by atoms with van der Waals surface area (Å²) in [6, 6.07) is 8.31. The van der Waals surface area contributed by atoms with Gasteiger partial charge >= 0.3 is 5.97 Å². The largest absolute Gasteiger partial charge is 0.456 e. The first-order valence-electron chi connectivity index (χ1n) is 20.1. The summed E-state index contributed by atoms with van der Waals surface area (Å²) in [5, 5.41) is 60.3. The molecule has 3 saturated carbocycles. The summed E-state index contributed by atoms with van der Waals surface area (Å²) < 4.78 is 42.8. The summed E-state index contributed by atoms with van der Waals surface area (Å²) >= 11 is 0. The normalized spacial score (nSPS) is 48.9. The van der Waals surface area contributed by atoms with Crippen molar-refractivity contribution in [1.82, 2.24) is 0 Å². The maximum Gasteiger partial charge on any atom is 0.338 e. The average Bonchev–Trinajstić information content (AvgIpc) is 3.40. The second-order valence-electron chi connectivity index (χ2n) is 17.6. The number of aliphatic hydroxyl groups is 5. The highest BCUT2D eigenvalue weighted by Crippen LogP contribution is 2.71. The zero-order chi connectivity index (χ0) is 40.6. The monoisotopic (exact) mass is 788 g/mol. The number of carbonyl (C=O) groups is 2. The molecular weight excluding hydrogens is 728 g/mol. The van der Waals surface area contributed by atoms with Crippen LogP contribution in [0.3, 0.4) is 0 Å². The highest BCUT2D eigenvalue weighted by atomic mass is 16.7. The number of esters is 1. The van der Waals surface area contributed by atoms with E-state index in [9.17, 15) is 35.1 Å². The molecule has 4 aliphatic carbocycles. The van der Waals surface area contributed by atoms with Crippen molar-refractivity contribution in [3.63, 3.8) is 0 Å². The minimum absolute atomic E-state index is 0.0635. The van der Waals surface area contributed by atoms with Crippen LogP contribution in [0.2, 0.25) is 0 Å². The summed E-state index contributed by atoms with van der Waals surface area (Å²) in [6.07, 6.45) is -3.93. The number of hydrogen-bond donors (Lipinski definition) is 5. The molecule has 0 amide bonds. The van der Waals surface area contributed by atoms with Crippen molar-refractivity contribution in [1.29, 1.82) is 0 Å². The van der Waals surface area contributed by atoms with Gasteiger partial charge in [-0.25, -0.2) is 4.79 Å². The van der Waals surface area contributed by atoms with Crippen LogP contribution in [0.5, 0.6) is 0 Å². The molecule has 7 rings (SSSR count). The molecule has 6 aliphatic rings. The maximum atomic E-state index is 13.7. The zero-order valence-electron chi connectivity index (χ0n) is 33.5. The number of fused-ring (bicyclic) bond motifs is 5. The van der Waals surface area contributed by atoms with Gasteiger partial charge < -0.3 is 58.7 Å². The lowest BCUT2D eigenvalue weighted by Gasteiger charge is -2.68. The van der Waals surface area contributed by atoms with Gasteiger partial charge in [0.2, 0.25) is 0 Å². The summed E-state index contributed by atoms with van der Waals surface area (Å²) in [6.45, 7) is 8.26. The Morgan fingerprint density at radius 1 is 0.839 bits per heavy atom. The van der Waals surface area contributed by atoms with Crippen LogP contribution in [0, 0.1) is 16.7 Å². The van der Waals surface area contributed by atoms with E-state index in [-0.39, 0.29) is 37.0 Å². The molecule has 17 unspecified atom stereocenters. The van der Waals surface area contributed by atoms with E-state index in [0.29, 0.717) is 32.1 Å². The highest BCUT2D eigenvalue weighted by Gasteiger charge is 2.83. The molecule has 0 radical (unpaired) electrons. The molecule has 17 atom stereocenters. The molecule has 1 aromatic carbocycles. The number of rotatable bonds is 9. The number of benzene rings is 1. The van der Waals surface area contributed by atoms with Crippen LogP contribution in [0.25, 0.3) is 0 Å². The van der Waals surface area contributed by atoms with E-state index < -0.39 is 101 Å². The Hall–Kier alpha value is -2.34. The van der Waals surface area contributed by atoms with Crippen molar-refractivity contribution >= 4 is 11.8 Å². The number of aliphatic hydroxyl groups excluding tert-OH is 2. The fourth-order valence-electron chi connectivity index (χ4n) is 11.5. The maximum absolute atomic E-state index is 13.7. The molecule has 2 saturated heterocycles. The van der Waals surface area contributed by atoms with Gasteiger partial charge in [-0.05, 0) is 76.8 Å². The number of Topliss-reactive ketones (excluding diaryl/α,β-unsaturated/α-hetero) is 1. The Kier molecular flexibility index (Phi) is 11.2. The predicted molar refractivity (Wildman–Crippen MR) is 198 cm³/mol. The predicted octanol–water partition coefficient (Wildman–Crippen LogP) is 2.74. The molecule has 0 bridgehead atoms. The first-order chi connectivity index (χ1) is 26.4. The van der Waals surface area contributed by atoms with E-state index >= 15 is 0 Å². The molecule has 2 heterocycles. The van der Waals surface area contributed by atoms with E-state index in [4.69, 9.17) is 33.2 Å². The zero-order valence-corrected chi connectivity index (χ0v) is 33.5. The fraction of sp³-hybridized carbons (Fsp3) is 0.762. The smallest absolute Gasteiger partial charge is 0.338 e. The number of hydrogen-bond acceptors (Lipinski definition) is 14. The second-order valence-corrected chi connectivity index (χ2v) is 17.6. The number of ketones is 1. The Morgan fingerprint density at radius 3 is 2.14 bits per heavy atom. The number of carbonyl (C=O) groups excluding carboxylic acids is 2. The Morgan fingerprint density at radius 2 is 1.48 bits per heavy atom.